The Kier molecular flexibility index (Phi) is 4.43. The molecule has 0 fully saturated rings. The highest BCUT2D eigenvalue weighted by atomic mass is 19.4. The number of hydrogen-bond donors (Lipinski definition) is 1. The molecule has 0 bridgehead atoms. The predicted octanol–water partition coefficient (Wildman–Crippen LogP) is 6.20. The Morgan fingerprint density at radius 1 is 0.857 bits per heavy atom. The number of anilines is 2. The van der Waals surface area contributed by atoms with Crippen molar-refractivity contribution in [3.8, 4) is 11.3 Å². The van der Waals surface area contributed by atoms with Crippen molar-refractivity contribution < 1.29 is 17.6 Å². The molecule has 1 N–H and O–H groups in total. The molecular formula is C21H13F4N3. The fourth-order valence-corrected chi connectivity index (χ4v) is 2.91. The van der Waals surface area contributed by atoms with Gasteiger partial charge in [0.25, 0.3) is 0 Å². The predicted molar refractivity (Wildman–Crippen MR) is 99.7 cm³/mol. The summed E-state index contributed by atoms with van der Waals surface area (Å²) in [5.41, 5.74) is 0.846. The molecule has 0 amide bonds. The van der Waals surface area contributed by atoms with E-state index in [-0.39, 0.29) is 11.3 Å². The van der Waals surface area contributed by atoms with E-state index in [2.05, 4.69) is 15.3 Å². The zero-order valence-corrected chi connectivity index (χ0v) is 14.3. The van der Waals surface area contributed by atoms with Gasteiger partial charge in [-0.25, -0.2) is 9.37 Å². The smallest absolute Gasteiger partial charge is 0.355 e. The van der Waals surface area contributed by atoms with Crippen LogP contribution in [0.25, 0.3) is 22.2 Å². The van der Waals surface area contributed by atoms with Gasteiger partial charge in [-0.1, -0.05) is 18.2 Å². The average molecular weight is 383 g/mol. The second-order valence-corrected chi connectivity index (χ2v) is 6.13. The van der Waals surface area contributed by atoms with E-state index in [0.29, 0.717) is 11.2 Å². The first-order chi connectivity index (χ1) is 13.4. The number of rotatable bonds is 3. The molecule has 0 radical (unpaired) electrons. The molecule has 0 aliphatic carbocycles. The summed E-state index contributed by atoms with van der Waals surface area (Å²) in [5.74, 6) is -0.773. The zero-order chi connectivity index (χ0) is 19.7. The van der Waals surface area contributed by atoms with E-state index in [4.69, 9.17) is 0 Å². The summed E-state index contributed by atoms with van der Waals surface area (Å²) in [6.07, 6.45) is -1.35. The third-order valence-corrected chi connectivity index (χ3v) is 4.25. The van der Waals surface area contributed by atoms with Crippen LogP contribution in [-0.4, -0.2) is 9.97 Å². The SMILES string of the molecule is Fc1ccc(C(F)(F)F)cc1-c1cc(Nc2ccncc2)c2ccccc2n1. The molecule has 2 aromatic heterocycles. The molecule has 3 nitrogen and oxygen atoms in total. The number of para-hydroxylation sites is 1. The summed E-state index contributed by atoms with van der Waals surface area (Å²) in [6.45, 7) is 0. The van der Waals surface area contributed by atoms with E-state index >= 15 is 0 Å². The molecule has 4 aromatic rings. The van der Waals surface area contributed by atoms with E-state index in [0.717, 1.165) is 29.3 Å². The van der Waals surface area contributed by atoms with Crippen molar-refractivity contribution in [1.29, 1.82) is 0 Å². The topological polar surface area (TPSA) is 37.8 Å². The van der Waals surface area contributed by atoms with E-state index in [9.17, 15) is 17.6 Å². The van der Waals surface area contributed by atoms with Gasteiger partial charge < -0.3 is 5.32 Å². The fourth-order valence-electron chi connectivity index (χ4n) is 2.91. The van der Waals surface area contributed by atoms with Crippen molar-refractivity contribution in [1.82, 2.24) is 9.97 Å². The summed E-state index contributed by atoms with van der Waals surface area (Å²) in [4.78, 5) is 8.32. The van der Waals surface area contributed by atoms with Crippen LogP contribution in [0.5, 0.6) is 0 Å². The maximum atomic E-state index is 14.4. The third kappa shape index (κ3) is 3.51. The minimum Gasteiger partial charge on any atom is -0.355 e. The maximum Gasteiger partial charge on any atom is 0.416 e. The van der Waals surface area contributed by atoms with Gasteiger partial charge in [-0.3, -0.25) is 4.98 Å². The number of hydrogen-bond acceptors (Lipinski definition) is 3. The highest BCUT2D eigenvalue weighted by molar-refractivity contribution is 5.95. The van der Waals surface area contributed by atoms with E-state index < -0.39 is 17.6 Å². The number of nitrogens with one attached hydrogen (secondary N) is 1. The van der Waals surface area contributed by atoms with E-state index in [1.165, 1.54) is 0 Å². The van der Waals surface area contributed by atoms with Gasteiger partial charge in [-0.05, 0) is 42.5 Å². The molecule has 0 spiro atoms. The molecule has 2 heterocycles. The van der Waals surface area contributed by atoms with Gasteiger partial charge in [0.05, 0.1) is 22.5 Å². The van der Waals surface area contributed by atoms with Crippen LogP contribution in [0.15, 0.2) is 73.1 Å². The first kappa shape index (κ1) is 17.9. The van der Waals surface area contributed by atoms with Gasteiger partial charge >= 0.3 is 6.18 Å². The Bertz CT molecular complexity index is 1140. The van der Waals surface area contributed by atoms with Crippen LogP contribution < -0.4 is 5.32 Å². The molecule has 0 atom stereocenters. The van der Waals surface area contributed by atoms with Crippen molar-refractivity contribution in [2.75, 3.05) is 5.32 Å². The van der Waals surface area contributed by atoms with Crippen molar-refractivity contribution in [3.63, 3.8) is 0 Å². The summed E-state index contributed by atoms with van der Waals surface area (Å²) in [7, 11) is 0. The summed E-state index contributed by atoms with van der Waals surface area (Å²) < 4.78 is 53.6. The molecule has 0 aliphatic heterocycles. The van der Waals surface area contributed by atoms with Gasteiger partial charge in [0.1, 0.15) is 5.82 Å². The molecule has 28 heavy (non-hydrogen) atoms. The van der Waals surface area contributed by atoms with E-state index in [1.807, 2.05) is 12.1 Å². The average Bonchev–Trinajstić information content (AvgIpc) is 2.68. The first-order valence-electron chi connectivity index (χ1n) is 8.36. The molecule has 0 unspecified atom stereocenters. The largest absolute Gasteiger partial charge is 0.416 e. The van der Waals surface area contributed by atoms with Crippen LogP contribution in [0.2, 0.25) is 0 Å². The summed E-state index contributed by atoms with van der Waals surface area (Å²) in [5, 5.41) is 3.96. The van der Waals surface area contributed by atoms with Gasteiger partial charge in [0, 0.05) is 29.0 Å². The fraction of sp³-hybridized carbons (Fsp3) is 0.0476. The van der Waals surface area contributed by atoms with E-state index in [1.54, 1.807) is 42.7 Å². The van der Waals surface area contributed by atoms with Crippen LogP contribution >= 0.6 is 0 Å². The minimum absolute atomic E-state index is 0.110. The number of alkyl halides is 3. The first-order valence-corrected chi connectivity index (χ1v) is 8.36. The lowest BCUT2D eigenvalue weighted by molar-refractivity contribution is -0.137. The lowest BCUT2D eigenvalue weighted by Gasteiger charge is -2.14. The Labute approximate surface area is 157 Å². The van der Waals surface area contributed by atoms with Gasteiger partial charge in [-0.15, -0.1) is 0 Å². The quantitative estimate of drug-likeness (QED) is 0.428. The highest BCUT2D eigenvalue weighted by Crippen LogP contribution is 2.35. The number of pyridine rings is 2. The number of halogens is 4. The standard InChI is InChI=1S/C21H13F4N3/c22-17-6-5-13(21(23,24)25)11-16(17)20-12-19(27-14-7-9-26-10-8-14)15-3-1-2-4-18(15)28-20/h1-12H,(H,26,27,28). The minimum atomic E-state index is -4.57. The van der Waals surface area contributed by atoms with Crippen LogP contribution in [0, 0.1) is 5.82 Å². The van der Waals surface area contributed by atoms with Crippen LogP contribution in [0.4, 0.5) is 28.9 Å². The second-order valence-electron chi connectivity index (χ2n) is 6.13. The summed E-state index contributed by atoms with van der Waals surface area (Å²) in [6, 6.07) is 14.5. The second kappa shape index (κ2) is 6.92. The molecule has 2 aromatic carbocycles. The molecule has 0 saturated heterocycles. The molecule has 0 aliphatic rings. The third-order valence-electron chi connectivity index (χ3n) is 4.25. The van der Waals surface area contributed by atoms with Crippen molar-refractivity contribution in [2.24, 2.45) is 0 Å². The van der Waals surface area contributed by atoms with Crippen molar-refractivity contribution in [3.05, 3.63) is 84.4 Å². The maximum absolute atomic E-state index is 14.4. The van der Waals surface area contributed by atoms with Crippen molar-refractivity contribution in [2.45, 2.75) is 6.18 Å². The number of benzene rings is 2. The molecule has 140 valence electrons. The van der Waals surface area contributed by atoms with Gasteiger partial charge in [0.15, 0.2) is 0 Å². The highest BCUT2D eigenvalue weighted by Gasteiger charge is 2.31. The number of aromatic nitrogens is 2. The summed E-state index contributed by atoms with van der Waals surface area (Å²) >= 11 is 0. The molecule has 4 rings (SSSR count). The van der Waals surface area contributed by atoms with Crippen LogP contribution in [-0.2, 0) is 6.18 Å². The Hall–Kier alpha value is -3.48. The number of fused-ring (bicyclic) bond motifs is 1. The Morgan fingerprint density at radius 3 is 2.36 bits per heavy atom. The van der Waals surface area contributed by atoms with Crippen molar-refractivity contribution >= 4 is 22.3 Å². The lowest BCUT2D eigenvalue weighted by atomic mass is 10.0. The Balaban J connectivity index is 1.89. The zero-order valence-electron chi connectivity index (χ0n) is 14.3. The molecule has 0 saturated carbocycles. The lowest BCUT2D eigenvalue weighted by Crippen LogP contribution is -2.05. The molecule has 7 heteroatoms. The number of nitrogens with zero attached hydrogens (tertiary/aromatic N) is 2. The van der Waals surface area contributed by atoms with Crippen LogP contribution in [0.3, 0.4) is 0 Å². The van der Waals surface area contributed by atoms with Crippen LogP contribution in [0.1, 0.15) is 5.56 Å². The van der Waals surface area contributed by atoms with Gasteiger partial charge in [0.2, 0.25) is 0 Å². The van der Waals surface area contributed by atoms with Gasteiger partial charge in [-0.2, -0.15) is 13.2 Å². The molecular weight excluding hydrogens is 370 g/mol. The normalized spacial score (nSPS) is 11.6. The monoisotopic (exact) mass is 383 g/mol. The Morgan fingerprint density at radius 2 is 1.61 bits per heavy atom.